The molecule has 0 aliphatic heterocycles. The fourth-order valence-corrected chi connectivity index (χ4v) is 2.38. The van der Waals surface area contributed by atoms with E-state index in [1.165, 1.54) is 0 Å². The maximum atomic E-state index is 5.28. The number of pyridine rings is 1. The number of halogens is 1. The monoisotopic (exact) mass is 376 g/mol. The first-order valence-electron chi connectivity index (χ1n) is 7.00. The van der Waals surface area contributed by atoms with Crippen LogP contribution in [-0.2, 0) is 0 Å². The summed E-state index contributed by atoms with van der Waals surface area (Å²) in [5.41, 5.74) is 5.53. The van der Waals surface area contributed by atoms with Gasteiger partial charge in [0.15, 0.2) is 5.11 Å². The summed E-state index contributed by atoms with van der Waals surface area (Å²) >= 11 is 8.75. The molecule has 0 saturated heterocycles. The van der Waals surface area contributed by atoms with E-state index in [0.717, 1.165) is 34.4 Å². The Balaban J connectivity index is 2.04. The molecule has 2 N–H and O–H groups in total. The third-order valence-corrected chi connectivity index (χ3v) is 3.75. The largest absolute Gasteiger partial charge is 0.330 e. The number of hydrazone groups is 1. The van der Waals surface area contributed by atoms with Crippen molar-refractivity contribution < 1.29 is 0 Å². The lowest BCUT2D eigenvalue weighted by Gasteiger charge is -2.10. The Morgan fingerprint density at radius 1 is 1.23 bits per heavy atom. The van der Waals surface area contributed by atoms with Crippen molar-refractivity contribution in [1.82, 2.24) is 10.4 Å². The van der Waals surface area contributed by atoms with Crippen molar-refractivity contribution in [2.75, 3.05) is 5.32 Å². The van der Waals surface area contributed by atoms with Crippen LogP contribution in [0.3, 0.4) is 0 Å². The highest BCUT2D eigenvalue weighted by molar-refractivity contribution is 9.10. The predicted molar refractivity (Wildman–Crippen MR) is 99.2 cm³/mol. The van der Waals surface area contributed by atoms with E-state index in [4.69, 9.17) is 12.2 Å². The average molecular weight is 377 g/mol. The molecule has 0 saturated carbocycles. The van der Waals surface area contributed by atoms with Gasteiger partial charge in [0.05, 0.1) is 17.1 Å². The van der Waals surface area contributed by atoms with Gasteiger partial charge in [0.25, 0.3) is 0 Å². The first-order valence-corrected chi connectivity index (χ1v) is 8.20. The lowest BCUT2D eigenvalue weighted by molar-refractivity contribution is 0.947. The summed E-state index contributed by atoms with van der Waals surface area (Å²) in [6.45, 7) is 2.11. The van der Waals surface area contributed by atoms with Crippen molar-refractivity contribution in [1.29, 1.82) is 0 Å². The number of nitrogens with one attached hydrogen (secondary N) is 2. The molecule has 0 radical (unpaired) electrons. The number of thiocarbonyl (C=S) groups is 1. The molecule has 2 rings (SSSR count). The molecular weight excluding hydrogens is 360 g/mol. The summed E-state index contributed by atoms with van der Waals surface area (Å²) in [5, 5.41) is 7.94. The van der Waals surface area contributed by atoms with Crippen LogP contribution in [0.15, 0.2) is 58.2 Å². The van der Waals surface area contributed by atoms with E-state index in [9.17, 15) is 0 Å². The number of anilines is 1. The highest BCUT2D eigenvalue weighted by Gasteiger charge is 2.05. The molecule has 0 unspecified atom stereocenters. The molecular formula is C16H17BrN4S. The summed E-state index contributed by atoms with van der Waals surface area (Å²) in [6.07, 6.45) is 3.58. The zero-order chi connectivity index (χ0) is 15.8. The Kier molecular flexibility index (Phi) is 6.48. The van der Waals surface area contributed by atoms with Crippen LogP contribution < -0.4 is 10.7 Å². The van der Waals surface area contributed by atoms with Gasteiger partial charge in [0, 0.05) is 10.7 Å². The van der Waals surface area contributed by atoms with Gasteiger partial charge in [-0.3, -0.25) is 10.4 Å². The van der Waals surface area contributed by atoms with Gasteiger partial charge in [0.1, 0.15) is 0 Å². The van der Waals surface area contributed by atoms with Crippen LogP contribution in [0.25, 0.3) is 0 Å². The van der Waals surface area contributed by atoms with Crippen molar-refractivity contribution in [3.8, 4) is 0 Å². The van der Waals surface area contributed by atoms with Crippen molar-refractivity contribution in [2.45, 2.75) is 19.8 Å². The smallest absolute Gasteiger partial charge is 0.191 e. The predicted octanol–water partition coefficient (Wildman–Crippen LogP) is 4.33. The van der Waals surface area contributed by atoms with Crippen LogP contribution in [-0.4, -0.2) is 15.8 Å². The van der Waals surface area contributed by atoms with E-state index in [1.807, 2.05) is 42.5 Å². The lowest BCUT2D eigenvalue weighted by Crippen LogP contribution is -2.25. The second-order valence-electron chi connectivity index (χ2n) is 4.57. The van der Waals surface area contributed by atoms with Crippen LogP contribution in [0, 0.1) is 0 Å². The van der Waals surface area contributed by atoms with Crippen LogP contribution in [0.2, 0.25) is 0 Å². The SMILES string of the molecule is CCC/C(=N\NC(=S)Nc1ccccc1Br)c1ccccn1. The second kappa shape index (κ2) is 8.60. The molecule has 1 heterocycles. The normalized spacial score (nSPS) is 11.1. The molecule has 1 aromatic heterocycles. The van der Waals surface area contributed by atoms with Crippen molar-refractivity contribution in [3.63, 3.8) is 0 Å². The van der Waals surface area contributed by atoms with E-state index in [2.05, 4.69) is 43.7 Å². The fourth-order valence-electron chi connectivity index (χ4n) is 1.84. The number of rotatable bonds is 5. The topological polar surface area (TPSA) is 49.3 Å². The van der Waals surface area contributed by atoms with Gasteiger partial charge in [-0.05, 0) is 58.8 Å². The Labute approximate surface area is 144 Å². The first kappa shape index (κ1) is 16.6. The van der Waals surface area contributed by atoms with Crippen molar-refractivity contribution in [2.24, 2.45) is 5.10 Å². The lowest BCUT2D eigenvalue weighted by atomic mass is 10.1. The third-order valence-electron chi connectivity index (χ3n) is 2.86. The summed E-state index contributed by atoms with van der Waals surface area (Å²) in [5.74, 6) is 0. The summed E-state index contributed by atoms with van der Waals surface area (Å²) < 4.78 is 0.946. The Hall–Kier alpha value is -1.79. The third kappa shape index (κ3) is 4.89. The van der Waals surface area contributed by atoms with Gasteiger partial charge < -0.3 is 5.32 Å². The number of nitrogens with zero attached hydrogens (tertiary/aromatic N) is 2. The van der Waals surface area contributed by atoms with Gasteiger partial charge in [0.2, 0.25) is 0 Å². The molecule has 114 valence electrons. The van der Waals surface area contributed by atoms with E-state index >= 15 is 0 Å². The number of aromatic nitrogens is 1. The zero-order valence-electron chi connectivity index (χ0n) is 12.2. The maximum Gasteiger partial charge on any atom is 0.191 e. The number of hydrogen-bond donors (Lipinski definition) is 2. The molecule has 1 aromatic carbocycles. The van der Waals surface area contributed by atoms with Crippen molar-refractivity contribution >= 4 is 44.7 Å². The second-order valence-corrected chi connectivity index (χ2v) is 5.83. The van der Waals surface area contributed by atoms with E-state index < -0.39 is 0 Å². The van der Waals surface area contributed by atoms with Gasteiger partial charge in [-0.25, -0.2) is 0 Å². The number of para-hydroxylation sites is 1. The van der Waals surface area contributed by atoms with E-state index in [0.29, 0.717) is 5.11 Å². The first-order chi connectivity index (χ1) is 10.7. The molecule has 0 aliphatic carbocycles. The molecule has 0 amide bonds. The minimum Gasteiger partial charge on any atom is -0.330 e. The Bertz CT molecular complexity index is 658. The minimum atomic E-state index is 0.441. The molecule has 0 aliphatic rings. The van der Waals surface area contributed by atoms with Crippen molar-refractivity contribution in [3.05, 3.63) is 58.8 Å². The van der Waals surface area contributed by atoms with Gasteiger partial charge in [-0.2, -0.15) is 5.10 Å². The molecule has 0 bridgehead atoms. The van der Waals surface area contributed by atoms with Gasteiger partial charge >= 0.3 is 0 Å². The molecule has 6 heteroatoms. The number of hydrogen-bond acceptors (Lipinski definition) is 3. The number of benzene rings is 1. The molecule has 2 aromatic rings. The summed E-state index contributed by atoms with van der Waals surface area (Å²) in [6, 6.07) is 13.6. The Morgan fingerprint density at radius 3 is 2.68 bits per heavy atom. The fraction of sp³-hybridized carbons (Fsp3) is 0.188. The highest BCUT2D eigenvalue weighted by Crippen LogP contribution is 2.20. The van der Waals surface area contributed by atoms with Crippen LogP contribution in [0.4, 0.5) is 5.69 Å². The summed E-state index contributed by atoms with van der Waals surface area (Å²) in [4.78, 5) is 4.33. The van der Waals surface area contributed by atoms with E-state index in [-0.39, 0.29) is 0 Å². The standard InChI is InChI=1S/C16H17BrN4S/c1-2-7-15(14-10-5-6-11-18-14)20-21-16(22)19-13-9-4-3-8-12(13)17/h3-6,8-11H,2,7H2,1H3,(H2,19,21,22)/b20-15+. The zero-order valence-corrected chi connectivity index (χ0v) is 14.6. The Morgan fingerprint density at radius 2 is 2.00 bits per heavy atom. The molecule has 22 heavy (non-hydrogen) atoms. The minimum absolute atomic E-state index is 0.441. The van der Waals surface area contributed by atoms with Crippen LogP contribution >= 0.6 is 28.1 Å². The highest BCUT2D eigenvalue weighted by atomic mass is 79.9. The molecule has 0 spiro atoms. The van der Waals surface area contributed by atoms with Gasteiger partial charge in [-0.15, -0.1) is 0 Å². The quantitative estimate of drug-likeness (QED) is 0.463. The van der Waals surface area contributed by atoms with Crippen LogP contribution in [0.5, 0.6) is 0 Å². The van der Waals surface area contributed by atoms with E-state index in [1.54, 1.807) is 6.20 Å². The molecule has 4 nitrogen and oxygen atoms in total. The summed E-state index contributed by atoms with van der Waals surface area (Å²) in [7, 11) is 0. The molecule has 0 fully saturated rings. The maximum absolute atomic E-state index is 5.28. The van der Waals surface area contributed by atoms with Crippen LogP contribution in [0.1, 0.15) is 25.5 Å². The average Bonchev–Trinajstić information content (AvgIpc) is 2.54. The molecule has 0 atom stereocenters. The van der Waals surface area contributed by atoms with Gasteiger partial charge in [-0.1, -0.05) is 31.5 Å².